The van der Waals surface area contributed by atoms with Crippen LogP contribution < -0.4 is 15.0 Å². The number of carbonyl (C=O) groups excluding carboxylic acids is 2. The summed E-state index contributed by atoms with van der Waals surface area (Å²) in [6.45, 7) is 0. The third kappa shape index (κ3) is 2.99. The molecule has 1 saturated carbocycles. The van der Waals surface area contributed by atoms with Crippen LogP contribution in [-0.2, 0) is 9.59 Å². The predicted octanol–water partition coefficient (Wildman–Crippen LogP) is 1.22. The Balaban J connectivity index is 1.70. The first kappa shape index (κ1) is 15.0. The number of benzene rings is 1. The first-order chi connectivity index (χ1) is 10.7. The van der Waals surface area contributed by atoms with Gasteiger partial charge >= 0.3 is 0 Å². The summed E-state index contributed by atoms with van der Waals surface area (Å²) in [5.41, 5.74) is 0.635. The van der Waals surface area contributed by atoms with Crippen molar-refractivity contribution in [2.75, 3.05) is 12.0 Å². The van der Waals surface area contributed by atoms with Crippen molar-refractivity contribution in [3.05, 3.63) is 24.3 Å². The maximum atomic E-state index is 12.6. The van der Waals surface area contributed by atoms with Gasteiger partial charge in [-0.15, -0.1) is 0 Å². The highest BCUT2D eigenvalue weighted by Gasteiger charge is 2.43. The van der Waals surface area contributed by atoms with Crippen molar-refractivity contribution in [3.63, 3.8) is 0 Å². The lowest BCUT2D eigenvalue weighted by Gasteiger charge is -2.22. The lowest BCUT2D eigenvalue weighted by atomic mass is 9.95. The molecule has 3 rings (SSSR count). The van der Waals surface area contributed by atoms with E-state index in [1.54, 1.807) is 31.4 Å². The van der Waals surface area contributed by atoms with Crippen molar-refractivity contribution in [3.8, 4) is 5.75 Å². The number of methoxy groups -OCH3 is 1. The number of nitrogens with zero attached hydrogens (tertiary/aromatic N) is 1. The highest BCUT2D eigenvalue weighted by atomic mass is 16.5. The third-order valence-electron chi connectivity index (χ3n) is 4.67. The summed E-state index contributed by atoms with van der Waals surface area (Å²) in [4.78, 5) is 26.2. The third-order valence-corrected chi connectivity index (χ3v) is 4.67. The minimum absolute atomic E-state index is 0.0826. The van der Waals surface area contributed by atoms with Crippen LogP contribution >= 0.6 is 0 Å². The van der Waals surface area contributed by atoms with Gasteiger partial charge in [0.15, 0.2) is 6.04 Å². The molecule has 1 aromatic carbocycles. The van der Waals surface area contributed by atoms with Crippen LogP contribution in [0.15, 0.2) is 24.3 Å². The molecule has 1 aliphatic heterocycles. The molecule has 2 aliphatic rings. The van der Waals surface area contributed by atoms with E-state index in [1.807, 2.05) is 0 Å². The van der Waals surface area contributed by atoms with E-state index in [0.717, 1.165) is 12.8 Å². The number of hydrogen-bond donors (Lipinski definition) is 1. The Labute approximate surface area is 130 Å². The molecule has 1 aromatic rings. The summed E-state index contributed by atoms with van der Waals surface area (Å²) < 4.78 is 5.11. The molecule has 0 radical (unpaired) electrons. The Morgan fingerprint density at radius 2 is 1.77 bits per heavy atom. The number of carbonyl (C=O) groups is 2. The molecule has 22 heavy (non-hydrogen) atoms. The van der Waals surface area contributed by atoms with E-state index in [9.17, 15) is 9.59 Å². The van der Waals surface area contributed by atoms with Crippen molar-refractivity contribution in [2.24, 2.45) is 0 Å². The molecule has 0 bridgehead atoms. The minimum atomic E-state index is -0.252. The van der Waals surface area contributed by atoms with Crippen LogP contribution in [0.1, 0.15) is 38.5 Å². The molecule has 1 saturated heterocycles. The first-order valence-electron chi connectivity index (χ1n) is 8.05. The summed E-state index contributed by atoms with van der Waals surface area (Å²) in [5, 5.41) is 2.13. The lowest BCUT2D eigenvalue weighted by Crippen LogP contribution is -2.96. The molecule has 1 atom stereocenters. The summed E-state index contributed by atoms with van der Waals surface area (Å²) >= 11 is 0. The summed E-state index contributed by atoms with van der Waals surface area (Å²) in [5.74, 6) is 0.529. The van der Waals surface area contributed by atoms with Crippen LogP contribution in [0.5, 0.6) is 5.75 Å². The van der Waals surface area contributed by atoms with Gasteiger partial charge in [-0.25, -0.2) is 4.90 Å². The van der Waals surface area contributed by atoms with Gasteiger partial charge in [0.05, 0.1) is 25.3 Å². The van der Waals surface area contributed by atoms with E-state index in [4.69, 9.17) is 4.74 Å². The Kier molecular flexibility index (Phi) is 4.43. The molecule has 5 nitrogen and oxygen atoms in total. The smallest absolute Gasteiger partial charge is 0.292 e. The molecular weight excluding hydrogens is 280 g/mol. The number of ether oxygens (including phenoxy) is 1. The topological polar surface area (TPSA) is 63.2 Å². The number of amides is 2. The van der Waals surface area contributed by atoms with Crippen LogP contribution in [0, 0.1) is 0 Å². The van der Waals surface area contributed by atoms with E-state index in [2.05, 4.69) is 5.32 Å². The zero-order chi connectivity index (χ0) is 15.5. The minimum Gasteiger partial charge on any atom is -0.497 e. The molecule has 0 unspecified atom stereocenters. The van der Waals surface area contributed by atoms with Crippen molar-refractivity contribution in [1.29, 1.82) is 0 Å². The highest BCUT2D eigenvalue weighted by molar-refractivity contribution is 6.21. The maximum absolute atomic E-state index is 12.6. The summed E-state index contributed by atoms with van der Waals surface area (Å²) in [7, 11) is 1.59. The fourth-order valence-electron chi connectivity index (χ4n) is 3.46. The van der Waals surface area contributed by atoms with Crippen LogP contribution in [0.4, 0.5) is 5.69 Å². The monoisotopic (exact) mass is 303 g/mol. The van der Waals surface area contributed by atoms with Gasteiger partial charge in [0.2, 0.25) is 5.91 Å². The number of hydrogen-bond acceptors (Lipinski definition) is 3. The van der Waals surface area contributed by atoms with Crippen LogP contribution in [0.25, 0.3) is 0 Å². The van der Waals surface area contributed by atoms with E-state index in [-0.39, 0.29) is 17.9 Å². The fraction of sp³-hybridized carbons (Fsp3) is 0.529. The lowest BCUT2D eigenvalue weighted by molar-refractivity contribution is -0.710. The molecule has 5 heteroatoms. The first-order valence-corrected chi connectivity index (χ1v) is 8.05. The Hall–Kier alpha value is -1.88. The molecule has 1 heterocycles. The van der Waals surface area contributed by atoms with Crippen molar-refractivity contribution >= 4 is 17.5 Å². The number of nitrogens with two attached hydrogens (primary N) is 1. The molecular formula is C17H23N2O3+. The normalized spacial score (nSPS) is 23.1. The van der Waals surface area contributed by atoms with Crippen LogP contribution in [0.2, 0.25) is 0 Å². The van der Waals surface area contributed by atoms with Gasteiger partial charge in [-0.3, -0.25) is 9.59 Å². The zero-order valence-electron chi connectivity index (χ0n) is 13.0. The maximum Gasteiger partial charge on any atom is 0.292 e. The van der Waals surface area contributed by atoms with E-state index in [1.165, 1.54) is 24.2 Å². The van der Waals surface area contributed by atoms with Gasteiger partial charge in [0.1, 0.15) is 5.75 Å². The van der Waals surface area contributed by atoms with Gasteiger partial charge in [-0.05, 0) is 49.9 Å². The van der Waals surface area contributed by atoms with E-state index >= 15 is 0 Å². The molecule has 1 aliphatic carbocycles. The number of rotatable bonds is 4. The summed E-state index contributed by atoms with van der Waals surface area (Å²) in [6.07, 6.45) is 6.37. The average molecular weight is 303 g/mol. The zero-order valence-corrected chi connectivity index (χ0v) is 13.0. The molecule has 2 fully saturated rings. The number of quaternary nitrogens is 1. The highest BCUT2D eigenvalue weighted by Crippen LogP contribution is 2.24. The largest absolute Gasteiger partial charge is 0.497 e. The van der Waals surface area contributed by atoms with Gasteiger partial charge in [-0.1, -0.05) is 6.42 Å². The van der Waals surface area contributed by atoms with E-state index in [0.29, 0.717) is 23.9 Å². The second-order valence-electron chi connectivity index (χ2n) is 6.17. The molecule has 0 spiro atoms. The number of anilines is 1. The quantitative estimate of drug-likeness (QED) is 0.851. The van der Waals surface area contributed by atoms with Crippen molar-refractivity contribution < 1.29 is 19.6 Å². The van der Waals surface area contributed by atoms with Gasteiger partial charge in [0, 0.05) is 0 Å². The fourth-order valence-corrected chi connectivity index (χ4v) is 3.46. The molecule has 2 N–H and O–H groups in total. The Morgan fingerprint density at radius 1 is 1.09 bits per heavy atom. The standard InChI is InChI=1S/C17H22N2O3/c1-22-14-9-7-13(8-10-14)19-16(20)11-15(17(19)21)18-12-5-3-2-4-6-12/h7-10,12,15,18H,2-6,11H2,1H3/p+1/t15-/m0/s1. The molecule has 2 amide bonds. The Morgan fingerprint density at radius 3 is 2.41 bits per heavy atom. The SMILES string of the molecule is COc1ccc(N2C(=O)C[C@H]([NH2+]C3CCCCC3)C2=O)cc1. The Bertz CT molecular complexity index is 550. The summed E-state index contributed by atoms with van der Waals surface area (Å²) in [6, 6.07) is 7.31. The second kappa shape index (κ2) is 6.48. The van der Waals surface area contributed by atoms with Gasteiger partial charge in [-0.2, -0.15) is 0 Å². The molecule has 118 valence electrons. The predicted molar refractivity (Wildman–Crippen MR) is 82.7 cm³/mol. The van der Waals surface area contributed by atoms with Crippen molar-refractivity contribution in [2.45, 2.75) is 50.6 Å². The van der Waals surface area contributed by atoms with Crippen LogP contribution in [0.3, 0.4) is 0 Å². The van der Waals surface area contributed by atoms with Gasteiger partial charge < -0.3 is 10.1 Å². The van der Waals surface area contributed by atoms with Crippen LogP contribution in [-0.4, -0.2) is 31.0 Å². The number of imide groups is 1. The second-order valence-corrected chi connectivity index (χ2v) is 6.17. The molecule has 0 aromatic heterocycles. The van der Waals surface area contributed by atoms with E-state index < -0.39 is 0 Å². The van der Waals surface area contributed by atoms with Gasteiger partial charge in [0.25, 0.3) is 5.91 Å². The van der Waals surface area contributed by atoms with Crippen molar-refractivity contribution in [1.82, 2.24) is 0 Å². The average Bonchev–Trinajstić information content (AvgIpc) is 2.82.